The molecule has 0 saturated carbocycles. The maximum Gasteiger partial charge on any atom is 0.263 e. The van der Waals surface area contributed by atoms with Gasteiger partial charge in [-0.15, -0.1) is 11.3 Å². The third kappa shape index (κ3) is 5.11. The third-order valence-electron chi connectivity index (χ3n) is 6.94. The molecule has 0 unspecified atom stereocenters. The van der Waals surface area contributed by atoms with Gasteiger partial charge >= 0.3 is 0 Å². The Hall–Kier alpha value is -4.04. The number of amides is 1. The summed E-state index contributed by atoms with van der Waals surface area (Å²) in [5, 5.41) is 0. The summed E-state index contributed by atoms with van der Waals surface area (Å²) in [6.45, 7) is 2.94. The van der Waals surface area contributed by atoms with Crippen molar-refractivity contribution in [2.24, 2.45) is 0 Å². The Kier molecular flexibility index (Phi) is 6.64. The van der Waals surface area contributed by atoms with E-state index in [-0.39, 0.29) is 5.91 Å². The molecule has 8 heteroatoms. The summed E-state index contributed by atoms with van der Waals surface area (Å²) in [6, 6.07) is 20.2. The van der Waals surface area contributed by atoms with Gasteiger partial charge in [0.2, 0.25) is 0 Å². The van der Waals surface area contributed by atoms with Crippen molar-refractivity contribution in [3.05, 3.63) is 114 Å². The van der Waals surface area contributed by atoms with Gasteiger partial charge < -0.3 is 14.0 Å². The lowest BCUT2D eigenvalue weighted by atomic mass is 9.95. The molecule has 1 aromatic carbocycles. The molecule has 186 valence electrons. The third-order valence-corrected chi connectivity index (χ3v) is 8.03. The predicted octanol–water partition coefficient (Wildman–Crippen LogP) is 5.32. The second kappa shape index (κ2) is 10.5. The molecule has 1 amide bonds. The van der Waals surface area contributed by atoms with Gasteiger partial charge in [-0.2, -0.15) is 0 Å². The fourth-order valence-electron chi connectivity index (χ4n) is 4.98. The average Bonchev–Trinajstić information content (AvgIpc) is 3.72. The van der Waals surface area contributed by atoms with E-state index in [1.165, 1.54) is 16.9 Å². The van der Waals surface area contributed by atoms with E-state index in [2.05, 4.69) is 43.4 Å². The molecular weight excluding hydrogens is 480 g/mol. The SMILES string of the molecule is O=C(c1ccc(-c2ccccn2)s1)N1CCC(c2nccn2Cc2nccn2Cc2ccccc2)CC1. The first-order valence-electron chi connectivity index (χ1n) is 12.6. The lowest BCUT2D eigenvalue weighted by molar-refractivity contribution is 0.0715. The molecule has 5 heterocycles. The summed E-state index contributed by atoms with van der Waals surface area (Å²) < 4.78 is 4.41. The van der Waals surface area contributed by atoms with Crippen molar-refractivity contribution in [2.45, 2.75) is 31.8 Å². The highest BCUT2D eigenvalue weighted by molar-refractivity contribution is 7.17. The Morgan fingerprint density at radius 1 is 0.811 bits per heavy atom. The maximum absolute atomic E-state index is 13.2. The van der Waals surface area contributed by atoms with Crippen LogP contribution >= 0.6 is 11.3 Å². The van der Waals surface area contributed by atoms with Crippen LogP contribution in [0.3, 0.4) is 0 Å². The van der Waals surface area contributed by atoms with Crippen LogP contribution < -0.4 is 0 Å². The van der Waals surface area contributed by atoms with E-state index in [9.17, 15) is 4.79 Å². The van der Waals surface area contributed by atoms with Crippen LogP contribution in [-0.2, 0) is 13.1 Å². The minimum Gasteiger partial charge on any atom is -0.338 e. The molecule has 0 spiro atoms. The number of hydrogen-bond acceptors (Lipinski definition) is 5. The molecule has 37 heavy (non-hydrogen) atoms. The number of thiophene rings is 1. The average molecular weight is 509 g/mol. The number of likely N-dealkylation sites (tertiary alicyclic amines) is 1. The number of imidazole rings is 2. The Balaban J connectivity index is 1.09. The van der Waals surface area contributed by atoms with Gasteiger partial charge in [0.15, 0.2) is 0 Å². The molecule has 7 nitrogen and oxygen atoms in total. The number of carbonyl (C=O) groups is 1. The van der Waals surface area contributed by atoms with Gasteiger partial charge in [-0.1, -0.05) is 36.4 Å². The zero-order valence-electron chi connectivity index (χ0n) is 20.5. The summed E-state index contributed by atoms with van der Waals surface area (Å²) >= 11 is 1.51. The smallest absolute Gasteiger partial charge is 0.263 e. The molecule has 1 saturated heterocycles. The summed E-state index contributed by atoms with van der Waals surface area (Å²) in [5.74, 6) is 2.52. The Morgan fingerprint density at radius 3 is 2.41 bits per heavy atom. The first-order valence-corrected chi connectivity index (χ1v) is 13.4. The van der Waals surface area contributed by atoms with Crippen molar-refractivity contribution in [3.63, 3.8) is 0 Å². The van der Waals surface area contributed by atoms with Crippen LogP contribution in [0.15, 0.2) is 91.6 Å². The van der Waals surface area contributed by atoms with E-state index in [0.29, 0.717) is 12.5 Å². The maximum atomic E-state index is 13.2. The summed E-state index contributed by atoms with van der Waals surface area (Å²) in [4.78, 5) is 30.7. The van der Waals surface area contributed by atoms with Crippen molar-refractivity contribution in [1.82, 2.24) is 29.0 Å². The fourth-order valence-corrected chi connectivity index (χ4v) is 5.93. The fraction of sp³-hybridized carbons (Fsp3) is 0.241. The minimum absolute atomic E-state index is 0.108. The van der Waals surface area contributed by atoms with Crippen molar-refractivity contribution in [3.8, 4) is 10.6 Å². The number of rotatable bonds is 7. The second-order valence-electron chi connectivity index (χ2n) is 9.32. The Morgan fingerprint density at radius 2 is 1.59 bits per heavy atom. The second-order valence-corrected chi connectivity index (χ2v) is 10.4. The van der Waals surface area contributed by atoms with E-state index in [1.54, 1.807) is 6.20 Å². The van der Waals surface area contributed by atoms with Crippen molar-refractivity contribution >= 4 is 17.2 Å². The highest BCUT2D eigenvalue weighted by Crippen LogP contribution is 2.31. The van der Waals surface area contributed by atoms with E-state index in [0.717, 1.165) is 59.6 Å². The lowest BCUT2D eigenvalue weighted by Crippen LogP contribution is -2.38. The van der Waals surface area contributed by atoms with Crippen molar-refractivity contribution < 1.29 is 4.79 Å². The molecule has 1 aliphatic heterocycles. The van der Waals surface area contributed by atoms with Gasteiger partial charge in [0.25, 0.3) is 5.91 Å². The normalized spacial score (nSPS) is 14.2. The van der Waals surface area contributed by atoms with Crippen LogP contribution in [0.5, 0.6) is 0 Å². The van der Waals surface area contributed by atoms with Crippen LogP contribution in [0.2, 0.25) is 0 Å². The van der Waals surface area contributed by atoms with Crippen molar-refractivity contribution in [2.75, 3.05) is 13.1 Å². The van der Waals surface area contributed by atoms with Crippen LogP contribution in [0.1, 0.15) is 45.6 Å². The van der Waals surface area contributed by atoms with Crippen LogP contribution in [0.25, 0.3) is 10.6 Å². The number of hydrogen-bond donors (Lipinski definition) is 0. The van der Waals surface area contributed by atoms with E-state index in [4.69, 9.17) is 4.98 Å². The van der Waals surface area contributed by atoms with E-state index >= 15 is 0 Å². The van der Waals surface area contributed by atoms with Crippen LogP contribution in [-0.4, -0.2) is 48.0 Å². The van der Waals surface area contributed by atoms with Gasteiger partial charge in [-0.25, -0.2) is 9.97 Å². The monoisotopic (exact) mass is 508 g/mol. The predicted molar refractivity (Wildman–Crippen MR) is 145 cm³/mol. The van der Waals surface area contributed by atoms with Gasteiger partial charge in [-0.05, 0) is 42.7 Å². The molecule has 1 fully saturated rings. The van der Waals surface area contributed by atoms with Gasteiger partial charge in [0, 0.05) is 56.5 Å². The molecule has 0 N–H and O–H groups in total. The largest absolute Gasteiger partial charge is 0.338 e. The number of carbonyl (C=O) groups excluding carboxylic acids is 1. The highest BCUT2D eigenvalue weighted by atomic mass is 32.1. The summed E-state index contributed by atoms with van der Waals surface area (Å²) in [6.07, 6.45) is 11.4. The quantitative estimate of drug-likeness (QED) is 0.298. The van der Waals surface area contributed by atoms with E-state index < -0.39 is 0 Å². The van der Waals surface area contributed by atoms with Crippen LogP contribution in [0, 0.1) is 0 Å². The van der Waals surface area contributed by atoms with Gasteiger partial charge in [0.05, 0.1) is 22.0 Å². The first kappa shape index (κ1) is 23.4. The Labute approximate surface area is 220 Å². The number of piperidine rings is 1. The lowest BCUT2D eigenvalue weighted by Gasteiger charge is -2.31. The number of aromatic nitrogens is 5. The van der Waals surface area contributed by atoms with Crippen molar-refractivity contribution in [1.29, 1.82) is 0 Å². The molecule has 1 aliphatic rings. The molecular formula is C29H28N6OS. The minimum atomic E-state index is 0.108. The zero-order valence-corrected chi connectivity index (χ0v) is 21.3. The standard InChI is InChI=1S/C29H28N6OS/c36-29(26-10-9-25(37-26)24-8-4-5-13-30-24)33-16-11-23(12-17-33)28-32-15-19-35(28)21-27-31-14-18-34(27)20-22-6-2-1-3-7-22/h1-10,13-15,18-19,23H,11-12,16-17,20-21H2. The Bertz CT molecular complexity index is 1460. The number of benzene rings is 1. The first-order chi connectivity index (χ1) is 18.2. The molecule has 6 rings (SSSR count). The van der Waals surface area contributed by atoms with Gasteiger partial charge in [-0.3, -0.25) is 9.78 Å². The molecule has 0 atom stereocenters. The van der Waals surface area contributed by atoms with E-state index in [1.807, 2.05) is 66.1 Å². The molecule has 0 radical (unpaired) electrons. The summed E-state index contributed by atoms with van der Waals surface area (Å²) in [7, 11) is 0. The molecule has 5 aromatic rings. The van der Waals surface area contributed by atoms with Gasteiger partial charge in [0.1, 0.15) is 11.6 Å². The summed E-state index contributed by atoms with van der Waals surface area (Å²) in [5.41, 5.74) is 2.16. The number of pyridine rings is 1. The van der Waals surface area contributed by atoms with Crippen LogP contribution in [0.4, 0.5) is 0 Å². The topological polar surface area (TPSA) is 68.8 Å². The molecule has 0 aliphatic carbocycles. The molecule has 4 aromatic heterocycles. The molecule has 0 bridgehead atoms. The highest BCUT2D eigenvalue weighted by Gasteiger charge is 2.28. The zero-order chi connectivity index (χ0) is 25.0. The number of nitrogens with zero attached hydrogens (tertiary/aromatic N) is 6.